The summed E-state index contributed by atoms with van der Waals surface area (Å²) < 4.78 is 12.1. The molecule has 2 heterocycles. The number of aliphatic hydroxyl groups is 4. The highest BCUT2D eigenvalue weighted by atomic mass is 16.5. The minimum absolute atomic E-state index is 0.0616. The number of nitrogens with zero attached hydrogens (tertiary/aromatic N) is 4. The van der Waals surface area contributed by atoms with Crippen molar-refractivity contribution in [1.82, 2.24) is 0 Å². The van der Waals surface area contributed by atoms with Crippen LogP contribution in [0.4, 0.5) is 0 Å². The number of likely N-dealkylation sites (tertiary alicyclic amines) is 2. The van der Waals surface area contributed by atoms with Crippen LogP contribution in [0.25, 0.3) is 0 Å². The van der Waals surface area contributed by atoms with Gasteiger partial charge in [0.2, 0.25) is 0 Å². The fraction of sp³-hybridized carbons (Fsp3) is 0.622. The molecule has 2 fully saturated rings. The predicted molar refractivity (Wildman–Crippen MR) is 184 cm³/mol. The zero-order chi connectivity index (χ0) is 35.7. The lowest BCUT2D eigenvalue weighted by atomic mass is 9.78. The molecule has 2 aromatic carbocycles. The van der Waals surface area contributed by atoms with Crippen LogP contribution in [0.3, 0.4) is 0 Å². The lowest BCUT2D eigenvalue weighted by Crippen LogP contribution is -2.54. The molecule has 0 bridgehead atoms. The van der Waals surface area contributed by atoms with E-state index in [-0.39, 0.29) is 40.9 Å². The van der Waals surface area contributed by atoms with Gasteiger partial charge in [-0.2, -0.15) is 9.18 Å². The fourth-order valence-corrected chi connectivity index (χ4v) is 6.81. The Kier molecular flexibility index (Phi) is 13.5. The summed E-state index contributed by atoms with van der Waals surface area (Å²) in [6, 6.07) is 15.5. The zero-order valence-corrected chi connectivity index (χ0v) is 29.5. The smallest absolute Gasteiger partial charge is 0.139 e. The van der Waals surface area contributed by atoms with Crippen molar-refractivity contribution in [3.63, 3.8) is 0 Å². The van der Waals surface area contributed by atoms with E-state index in [0.29, 0.717) is 37.7 Å². The SMILES string of the molecule is CC(O)/C([O-])=N/[N+]1(CC(O)COc2ccc(C(C)(C)c3ccc(OCC(O)C[N+]4(/N=C(\[O-])C(C)O)CCCCC4)cc3)cc2)CCCCC1. The molecular formula is C37H56N4O8. The third-order valence-electron chi connectivity index (χ3n) is 9.77. The molecule has 2 aromatic rings. The molecule has 4 N–H and O–H groups in total. The van der Waals surface area contributed by atoms with E-state index in [9.17, 15) is 30.6 Å². The monoisotopic (exact) mass is 684 g/mol. The van der Waals surface area contributed by atoms with E-state index in [0.717, 1.165) is 49.7 Å². The molecule has 12 nitrogen and oxygen atoms in total. The summed E-state index contributed by atoms with van der Waals surface area (Å²) in [7, 11) is 0. The van der Waals surface area contributed by atoms with E-state index >= 15 is 0 Å². The highest BCUT2D eigenvalue weighted by molar-refractivity contribution is 5.75. The van der Waals surface area contributed by atoms with Crippen LogP contribution in [-0.4, -0.2) is 118 Å². The molecule has 0 spiro atoms. The standard InChI is InChI=1S/C37H56N4O8/c1-27(42)35(46)38-40(19-7-5-8-20-40)23-31(44)25-48-33-15-11-29(12-16-33)37(3,4)30-13-17-34(18-14-30)49-26-32(45)24-41(21-9-6-10-22-41)39-36(47)28(2)43/h11-18,27-28,31-32,42-45H,5-10,19-26H2,1-4H3. The number of hydrogen-bond donors (Lipinski definition) is 4. The summed E-state index contributed by atoms with van der Waals surface area (Å²) in [5.74, 6) is 0.126. The highest BCUT2D eigenvalue weighted by Gasteiger charge is 2.35. The maximum atomic E-state index is 12.2. The Labute approximate surface area is 290 Å². The third kappa shape index (κ3) is 10.9. The molecule has 49 heavy (non-hydrogen) atoms. The Morgan fingerprint density at radius 1 is 0.633 bits per heavy atom. The van der Waals surface area contributed by atoms with Crippen LogP contribution < -0.4 is 19.7 Å². The highest BCUT2D eigenvalue weighted by Crippen LogP contribution is 2.33. The van der Waals surface area contributed by atoms with Gasteiger partial charge < -0.3 is 40.1 Å². The molecular weight excluding hydrogens is 628 g/mol. The topological polar surface area (TPSA) is 170 Å². The normalized spacial score (nSPS) is 21.0. The fourth-order valence-electron chi connectivity index (χ4n) is 6.81. The van der Waals surface area contributed by atoms with Gasteiger partial charge in [0.1, 0.15) is 76.2 Å². The van der Waals surface area contributed by atoms with Gasteiger partial charge in [-0.25, -0.2) is 0 Å². The van der Waals surface area contributed by atoms with Crippen LogP contribution in [-0.2, 0) is 5.41 Å². The van der Waals surface area contributed by atoms with Gasteiger partial charge in [-0.15, -0.1) is 10.2 Å². The molecule has 0 saturated carbocycles. The first-order valence-electron chi connectivity index (χ1n) is 17.7. The minimum atomic E-state index is -1.17. The summed E-state index contributed by atoms with van der Waals surface area (Å²) in [5.41, 5.74) is 1.81. The van der Waals surface area contributed by atoms with E-state index in [1.165, 1.54) is 13.8 Å². The number of piperidine rings is 2. The maximum absolute atomic E-state index is 12.2. The summed E-state index contributed by atoms with van der Waals surface area (Å²) in [6.07, 6.45) is 1.77. The zero-order valence-electron chi connectivity index (χ0n) is 29.5. The molecule has 4 atom stereocenters. The van der Waals surface area contributed by atoms with E-state index in [4.69, 9.17) is 9.47 Å². The van der Waals surface area contributed by atoms with Crippen LogP contribution in [0.15, 0.2) is 58.7 Å². The second-order valence-corrected chi connectivity index (χ2v) is 14.4. The van der Waals surface area contributed by atoms with Crippen LogP contribution in [0.2, 0.25) is 0 Å². The molecule has 2 aliphatic heterocycles. The van der Waals surface area contributed by atoms with Gasteiger partial charge in [0.05, 0.1) is 12.2 Å². The summed E-state index contributed by atoms with van der Waals surface area (Å²) in [6.45, 7) is 10.3. The Balaban J connectivity index is 1.30. The number of quaternary nitrogens is 2. The molecule has 2 aliphatic rings. The van der Waals surface area contributed by atoms with Gasteiger partial charge in [-0.05, 0) is 87.8 Å². The van der Waals surface area contributed by atoms with E-state index in [2.05, 4.69) is 24.1 Å². The van der Waals surface area contributed by atoms with Gasteiger partial charge in [-0.3, -0.25) is 0 Å². The van der Waals surface area contributed by atoms with Gasteiger partial charge in [0, 0.05) is 17.2 Å². The van der Waals surface area contributed by atoms with Gasteiger partial charge in [0.25, 0.3) is 0 Å². The number of rotatable bonds is 16. The van der Waals surface area contributed by atoms with Crippen molar-refractivity contribution in [2.24, 2.45) is 10.2 Å². The van der Waals surface area contributed by atoms with Crippen molar-refractivity contribution in [2.75, 3.05) is 52.5 Å². The molecule has 4 rings (SSSR count). The van der Waals surface area contributed by atoms with Crippen LogP contribution in [0.5, 0.6) is 11.5 Å². The lowest BCUT2D eigenvalue weighted by Gasteiger charge is -2.38. The largest absolute Gasteiger partial charge is 0.856 e. The van der Waals surface area contributed by atoms with E-state index in [1.807, 2.05) is 48.5 Å². The van der Waals surface area contributed by atoms with Crippen LogP contribution in [0.1, 0.15) is 77.3 Å². The van der Waals surface area contributed by atoms with Gasteiger partial charge >= 0.3 is 0 Å². The van der Waals surface area contributed by atoms with Crippen molar-refractivity contribution in [3.05, 3.63) is 59.7 Å². The molecule has 0 amide bonds. The summed E-state index contributed by atoms with van der Waals surface area (Å²) in [5, 5.41) is 73.9. The summed E-state index contributed by atoms with van der Waals surface area (Å²) in [4.78, 5) is 0. The van der Waals surface area contributed by atoms with Crippen molar-refractivity contribution in [2.45, 2.75) is 96.1 Å². The predicted octanol–water partition coefficient (Wildman–Crippen LogP) is 1.60. The molecule has 0 radical (unpaired) electrons. The average Bonchev–Trinajstić information content (AvgIpc) is 3.07. The van der Waals surface area contributed by atoms with Gasteiger partial charge in [-0.1, -0.05) is 38.1 Å². The Morgan fingerprint density at radius 2 is 0.959 bits per heavy atom. The van der Waals surface area contributed by atoms with E-state index < -0.39 is 36.2 Å². The van der Waals surface area contributed by atoms with Crippen LogP contribution in [0, 0.1) is 0 Å². The second kappa shape index (κ2) is 17.1. The number of benzene rings is 2. The first-order chi connectivity index (χ1) is 23.2. The first-order valence-corrected chi connectivity index (χ1v) is 17.7. The summed E-state index contributed by atoms with van der Waals surface area (Å²) >= 11 is 0. The van der Waals surface area contributed by atoms with Crippen molar-refractivity contribution < 1.29 is 49.3 Å². The maximum Gasteiger partial charge on any atom is 0.139 e. The minimum Gasteiger partial charge on any atom is -0.856 e. The van der Waals surface area contributed by atoms with Crippen molar-refractivity contribution in [3.8, 4) is 11.5 Å². The molecule has 4 unspecified atom stereocenters. The van der Waals surface area contributed by atoms with Gasteiger partial charge in [0.15, 0.2) is 0 Å². The Hall–Kier alpha value is -3.26. The third-order valence-corrected chi connectivity index (χ3v) is 9.77. The lowest BCUT2D eigenvalue weighted by molar-refractivity contribution is -0.942. The second-order valence-electron chi connectivity index (χ2n) is 14.4. The van der Waals surface area contributed by atoms with Crippen LogP contribution >= 0.6 is 0 Å². The molecule has 0 aromatic heterocycles. The Bertz CT molecular complexity index is 1260. The quantitative estimate of drug-likeness (QED) is 0.117. The number of ether oxygens (including phenoxy) is 2. The molecule has 272 valence electrons. The molecule has 12 heteroatoms. The average molecular weight is 685 g/mol. The van der Waals surface area contributed by atoms with E-state index in [1.54, 1.807) is 0 Å². The van der Waals surface area contributed by atoms with Crippen molar-refractivity contribution >= 4 is 11.8 Å². The first kappa shape index (κ1) is 38.5. The Morgan fingerprint density at radius 3 is 1.27 bits per heavy atom. The number of hydrogen-bond acceptors (Lipinski definition) is 10. The molecule has 2 saturated heterocycles. The number of aliphatic hydroxyl groups excluding tert-OH is 4. The van der Waals surface area contributed by atoms with Crippen molar-refractivity contribution in [1.29, 1.82) is 0 Å². The molecule has 0 aliphatic carbocycles.